The average Bonchev–Trinajstić information content (AvgIpc) is 2.76. The van der Waals surface area contributed by atoms with Crippen molar-refractivity contribution in [1.29, 1.82) is 0 Å². The van der Waals surface area contributed by atoms with Crippen molar-refractivity contribution in [2.24, 2.45) is 0 Å². The highest BCUT2D eigenvalue weighted by atomic mass is 16.5. The third-order valence-corrected chi connectivity index (χ3v) is 6.82. The van der Waals surface area contributed by atoms with Gasteiger partial charge in [0, 0.05) is 0 Å². The number of allylic oxidation sites excluding steroid dienone is 4. The molecule has 0 amide bonds. The average molecular weight is 427 g/mol. The lowest BCUT2D eigenvalue weighted by Gasteiger charge is -2.37. The van der Waals surface area contributed by atoms with Gasteiger partial charge in [0.1, 0.15) is 17.1 Å². The van der Waals surface area contributed by atoms with Gasteiger partial charge >= 0.3 is 0 Å². The number of fused-ring (bicyclic) bond motifs is 1. The van der Waals surface area contributed by atoms with Crippen LogP contribution < -0.4 is 4.74 Å². The molecule has 0 bridgehead atoms. The van der Waals surface area contributed by atoms with Crippen LogP contribution in [0.5, 0.6) is 11.5 Å². The number of benzene rings is 1. The molecule has 1 aromatic carbocycles. The van der Waals surface area contributed by atoms with Gasteiger partial charge in [0.05, 0.1) is 0 Å². The third kappa shape index (κ3) is 8.75. The first-order valence-corrected chi connectivity index (χ1v) is 12.8. The molecule has 0 saturated heterocycles. The summed E-state index contributed by atoms with van der Waals surface area (Å²) < 4.78 is 6.48. The van der Waals surface area contributed by atoms with Gasteiger partial charge in [-0.15, -0.1) is 0 Å². The van der Waals surface area contributed by atoms with E-state index in [-0.39, 0.29) is 5.60 Å². The third-order valence-electron chi connectivity index (χ3n) is 6.82. The molecular formula is C29H46O2. The Hall–Kier alpha value is -1.70. The summed E-state index contributed by atoms with van der Waals surface area (Å²) >= 11 is 0. The van der Waals surface area contributed by atoms with E-state index in [1.54, 1.807) is 0 Å². The molecule has 1 atom stereocenters. The van der Waals surface area contributed by atoms with Crippen LogP contribution in [-0.4, -0.2) is 10.7 Å². The van der Waals surface area contributed by atoms with Crippen molar-refractivity contribution in [2.75, 3.05) is 0 Å². The first kappa shape index (κ1) is 25.6. The smallest absolute Gasteiger partial charge is 0.126 e. The number of aromatic hydroxyl groups is 1. The lowest BCUT2D eigenvalue weighted by Crippen LogP contribution is -2.36. The normalized spacial score (nSPS) is 18.6. The quantitative estimate of drug-likeness (QED) is 0.238. The number of unbranched alkanes of at least 4 members (excludes halogenated alkanes) is 8. The Morgan fingerprint density at radius 1 is 0.903 bits per heavy atom. The largest absolute Gasteiger partial charge is 0.508 e. The summed E-state index contributed by atoms with van der Waals surface area (Å²) in [5.41, 5.74) is 3.15. The Bertz CT molecular complexity index is 716. The van der Waals surface area contributed by atoms with Crippen molar-refractivity contribution < 1.29 is 9.84 Å². The van der Waals surface area contributed by atoms with Crippen LogP contribution >= 0.6 is 0 Å². The Labute approximate surface area is 191 Å². The van der Waals surface area contributed by atoms with E-state index in [0.29, 0.717) is 5.75 Å². The number of phenolic OH excluding ortho intramolecular Hbond substituents is 1. The molecule has 0 aliphatic carbocycles. The van der Waals surface area contributed by atoms with Crippen molar-refractivity contribution in [2.45, 2.75) is 123 Å². The van der Waals surface area contributed by atoms with Crippen LogP contribution in [0.4, 0.5) is 0 Å². The SMILES string of the molecule is CCCCC/C=C\C/C=C\CCCCCCCC1(C)CCc2cc(O)c(C)c(C)c2O1. The van der Waals surface area contributed by atoms with Crippen LogP contribution in [0.1, 0.15) is 114 Å². The Morgan fingerprint density at radius 3 is 2.26 bits per heavy atom. The summed E-state index contributed by atoms with van der Waals surface area (Å²) in [5, 5.41) is 10.1. The van der Waals surface area contributed by atoms with Crippen molar-refractivity contribution >= 4 is 0 Å². The molecule has 1 aromatic rings. The zero-order valence-corrected chi connectivity index (χ0v) is 20.6. The molecule has 0 saturated carbocycles. The highest BCUT2D eigenvalue weighted by Crippen LogP contribution is 2.41. The number of hydrogen-bond acceptors (Lipinski definition) is 2. The molecule has 1 heterocycles. The van der Waals surface area contributed by atoms with Crippen LogP contribution in [0, 0.1) is 13.8 Å². The second kappa shape index (κ2) is 13.7. The topological polar surface area (TPSA) is 29.5 Å². The first-order chi connectivity index (χ1) is 15.0. The maximum atomic E-state index is 10.1. The Balaban J connectivity index is 1.55. The molecule has 2 heteroatoms. The van der Waals surface area contributed by atoms with E-state index in [1.807, 2.05) is 13.0 Å². The van der Waals surface area contributed by atoms with Gasteiger partial charge in [0.25, 0.3) is 0 Å². The highest BCUT2D eigenvalue weighted by Gasteiger charge is 2.32. The fraction of sp³-hybridized carbons (Fsp3) is 0.655. The van der Waals surface area contributed by atoms with E-state index in [0.717, 1.165) is 48.1 Å². The minimum Gasteiger partial charge on any atom is -0.508 e. The number of aryl methyl sites for hydroxylation is 1. The first-order valence-electron chi connectivity index (χ1n) is 12.8. The maximum Gasteiger partial charge on any atom is 0.126 e. The van der Waals surface area contributed by atoms with Gasteiger partial charge in [-0.3, -0.25) is 0 Å². The molecule has 174 valence electrons. The summed E-state index contributed by atoms with van der Waals surface area (Å²) in [6.45, 7) is 8.56. The lowest BCUT2D eigenvalue weighted by atomic mass is 9.86. The van der Waals surface area contributed by atoms with Crippen LogP contribution in [-0.2, 0) is 6.42 Å². The zero-order valence-electron chi connectivity index (χ0n) is 20.6. The minimum absolute atomic E-state index is 0.0615. The molecule has 1 N–H and O–H groups in total. The van der Waals surface area contributed by atoms with E-state index in [2.05, 4.69) is 45.1 Å². The van der Waals surface area contributed by atoms with Crippen molar-refractivity contribution in [3.05, 3.63) is 47.1 Å². The summed E-state index contributed by atoms with van der Waals surface area (Å²) in [6.07, 6.45) is 26.5. The van der Waals surface area contributed by atoms with Crippen LogP contribution in [0.2, 0.25) is 0 Å². The molecule has 1 aliphatic rings. The molecule has 31 heavy (non-hydrogen) atoms. The maximum absolute atomic E-state index is 10.1. The molecule has 1 aliphatic heterocycles. The molecule has 0 radical (unpaired) electrons. The predicted molar refractivity (Wildman–Crippen MR) is 134 cm³/mol. The fourth-order valence-corrected chi connectivity index (χ4v) is 4.45. The summed E-state index contributed by atoms with van der Waals surface area (Å²) in [6, 6.07) is 1.90. The van der Waals surface area contributed by atoms with Crippen LogP contribution in [0.25, 0.3) is 0 Å². The summed E-state index contributed by atoms with van der Waals surface area (Å²) in [7, 11) is 0. The lowest BCUT2D eigenvalue weighted by molar-refractivity contribution is 0.0524. The van der Waals surface area contributed by atoms with E-state index in [1.165, 1.54) is 64.2 Å². The zero-order chi connectivity index (χ0) is 22.5. The van der Waals surface area contributed by atoms with Gasteiger partial charge in [-0.05, 0) is 101 Å². The molecule has 2 rings (SSSR count). The van der Waals surface area contributed by atoms with E-state index in [4.69, 9.17) is 4.74 Å². The van der Waals surface area contributed by atoms with Gasteiger partial charge in [-0.2, -0.15) is 0 Å². The minimum atomic E-state index is -0.0615. The summed E-state index contributed by atoms with van der Waals surface area (Å²) in [5.74, 6) is 1.42. The second-order valence-electron chi connectivity index (χ2n) is 9.67. The van der Waals surface area contributed by atoms with Gasteiger partial charge in [-0.1, -0.05) is 63.3 Å². The molecular weight excluding hydrogens is 380 g/mol. The molecule has 1 unspecified atom stereocenters. The van der Waals surface area contributed by atoms with Gasteiger partial charge in [-0.25, -0.2) is 0 Å². The Morgan fingerprint density at radius 2 is 1.55 bits per heavy atom. The number of rotatable bonds is 14. The molecule has 2 nitrogen and oxygen atoms in total. The van der Waals surface area contributed by atoms with Crippen LogP contribution in [0.3, 0.4) is 0 Å². The highest BCUT2D eigenvalue weighted by molar-refractivity contribution is 5.53. The summed E-state index contributed by atoms with van der Waals surface area (Å²) in [4.78, 5) is 0. The van der Waals surface area contributed by atoms with E-state index < -0.39 is 0 Å². The molecule has 0 spiro atoms. The number of hydrogen-bond donors (Lipinski definition) is 1. The molecule has 0 aromatic heterocycles. The van der Waals surface area contributed by atoms with Crippen molar-refractivity contribution in [3.63, 3.8) is 0 Å². The standard InChI is InChI=1S/C29H46O2/c1-5-6-7-8-9-10-11-12-13-14-15-16-17-18-19-21-29(4)22-20-26-23-27(30)24(2)25(3)28(26)31-29/h9-10,12-13,23,30H,5-8,11,14-22H2,1-4H3/b10-9-,13-12-. The van der Waals surface area contributed by atoms with Gasteiger partial charge < -0.3 is 9.84 Å². The van der Waals surface area contributed by atoms with Crippen LogP contribution in [0.15, 0.2) is 30.4 Å². The van der Waals surface area contributed by atoms with Gasteiger partial charge in [0.15, 0.2) is 0 Å². The predicted octanol–water partition coefficient (Wildman–Crippen LogP) is 8.91. The number of phenols is 1. The fourth-order valence-electron chi connectivity index (χ4n) is 4.45. The monoisotopic (exact) mass is 426 g/mol. The Kier molecular flexibility index (Phi) is 11.3. The van der Waals surface area contributed by atoms with Crippen molar-refractivity contribution in [3.8, 4) is 11.5 Å². The van der Waals surface area contributed by atoms with E-state index >= 15 is 0 Å². The van der Waals surface area contributed by atoms with Gasteiger partial charge in [0.2, 0.25) is 0 Å². The van der Waals surface area contributed by atoms with Crippen molar-refractivity contribution in [1.82, 2.24) is 0 Å². The van der Waals surface area contributed by atoms with E-state index in [9.17, 15) is 5.11 Å². The second-order valence-corrected chi connectivity index (χ2v) is 9.67. The molecule has 0 fully saturated rings. The number of ether oxygens (including phenoxy) is 1.